The summed E-state index contributed by atoms with van der Waals surface area (Å²) in [6, 6.07) is 9.98. The monoisotopic (exact) mass is 464 g/mol. The minimum atomic E-state index is -3.67. The summed E-state index contributed by atoms with van der Waals surface area (Å²) >= 11 is 3.37. The van der Waals surface area contributed by atoms with Gasteiger partial charge in [0.2, 0.25) is 10.0 Å². The van der Waals surface area contributed by atoms with Gasteiger partial charge in [-0.25, -0.2) is 18.1 Å². The molecule has 1 aliphatic rings. The summed E-state index contributed by atoms with van der Waals surface area (Å²) in [5.41, 5.74) is 0.358. The Hall–Kier alpha value is -2.23. The summed E-state index contributed by atoms with van der Waals surface area (Å²) < 4.78 is 27.9. The number of rotatable bonds is 6. The van der Waals surface area contributed by atoms with Gasteiger partial charge in [0, 0.05) is 49.0 Å². The summed E-state index contributed by atoms with van der Waals surface area (Å²) in [7, 11) is -3.67. The van der Waals surface area contributed by atoms with Crippen LogP contribution in [0.5, 0.6) is 0 Å². The van der Waals surface area contributed by atoms with Gasteiger partial charge in [-0.15, -0.1) is 6.58 Å². The van der Waals surface area contributed by atoms with E-state index < -0.39 is 10.0 Å². The van der Waals surface area contributed by atoms with Crippen LogP contribution >= 0.6 is 15.9 Å². The second kappa shape index (κ2) is 8.85. The largest absolute Gasteiger partial charge is 0.353 e. The predicted octanol–water partition coefficient (Wildman–Crippen LogP) is 2.27. The number of hydrogen-bond donors (Lipinski definition) is 1. The molecule has 7 nitrogen and oxygen atoms in total. The normalized spacial score (nSPS) is 14.8. The first-order chi connectivity index (χ1) is 13.4. The van der Waals surface area contributed by atoms with Crippen molar-refractivity contribution in [1.29, 1.82) is 0 Å². The lowest BCUT2D eigenvalue weighted by atomic mass is 10.2. The molecule has 1 aliphatic heterocycles. The van der Waals surface area contributed by atoms with E-state index in [0.717, 1.165) is 10.3 Å². The number of carbonyl (C=O) groups excluding carboxylic acids is 1. The van der Waals surface area contributed by atoms with Crippen LogP contribution in [0.1, 0.15) is 10.4 Å². The molecular formula is C19H21BrN4O3S. The number of anilines is 1. The van der Waals surface area contributed by atoms with Crippen LogP contribution in [0.15, 0.2) is 64.6 Å². The van der Waals surface area contributed by atoms with Gasteiger partial charge in [0.1, 0.15) is 5.82 Å². The maximum atomic E-state index is 12.8. The van der Waals surface area contributed by atoms with Crippen LogP contribution in [-0.2, 0) is 10.0 Å². The van der Waals surface area contributed by atoms with Gasteiger partial charge in [-0.05, 0) is 46.3 Å². The molecule has 1 N–H and O–H groups in total. The van der Waals surface area contributed by atoms with Crippen LogP contribution in [0.25, 0.3) is 0 Å². The van der Waals surface area contributed by atoms with Crippen molar-refractivity contribution >= 4 is 37.7 Å². The molecule has 0 saturated carbocycles. The third-order valence-electron chi connectivity index (χ3n) is 4.41. The summed E-state index contributed by atoms with van der Waals surface area (Å²) in [5, 5.41) is 0. The van der Waals surface area contributed by atoms with Crippen LogP contribution < -0.4 is 9.62 Å². The zero-order valence-electron chi connectivity index (χ0n) is 15.2. The maximum Gasteiger partial charge on any atom is 0.254 e. The molecule has 1 fully saturated rings. The zero-order valence-corrected chi connectivity index (χ0v) is 17.6. The number of amides is 1. The standard InChI is InChI=1S/C19H21BrN4O3S/c1-2-8-22-28(26,27)17-5-3-4-15(13-17)19(25)24-11-9-23(10-12-24)18-7-6-16(20)14-21-18/h2-7,13-14,22H,1,8-12H2. The first-order valence-corrected chi connectivity index (χ1v) is 11.0. The number of halogens is 1. The van der Waals surface area contributed by atoms with Gasteiger partial charge in [0.05, 0.1) is 4.90 Å². The van der Waals surface area contributed by atoms with E-state index >= 15 is 0 Å². The molecule has 1 amide bonds. The summed E-state index contributed by atoms with van der Waals surface area (Å²) in [4.78, 5) is 21.1. The molecule has 0 bridgehead atoms. The minimum Gasteiger partial charge on any atom is -0.353 e. The van der Waals surface area contributed by atoms with Crippen molar-refractivity contribution in [3.63, 3.8) is 0 Å². The number of hydrogen-bond acceptors (Lipinski definition) is 5. The maximum absolute atomic E-state index is 12.8. The highest BCUT2D eigenvalue weighted by Gasteiger charge is 2.24. The Morgan fingerprint density at radius 2 is 1.96 bits per heavy atom. The highest BCUT2D eigenvalue weighted by Crippen LogP contribution is 2.18. The lowest BCUT2D eigenvalue weighted by molar-refractivity contribution is 0.0746. The number of pyridine rings is 1. The van der Waals surface area contributed by atoms with Gasteiger partial charge in [-0.2, -0.15) is 0 Å². The van der Waals surface area contributed by atoms with Crippen molar-refractivity contribution in [3.8, 4) is 0 Å². The summed E-state index contributed by atoms with van der Waals surface area (Å²) in [6.45, 7) is 6.05. The first-order valence-electron chi connectivity index (χ1n) is 8.77. The van der Waals surface area contributed by atoms with Gasteiger partial charge in [-0.1, -0.05) is 12.1 Å². The molecular weight excluding hydrogens is 444 g/mol. The van der Waals surface area contributed by atoms with E-state index in [9.17, 15) is 13.2 Å². The Bertz CT molecular complexity index is 955. The lowest BCUT2D eigenvalue weighted by Gasteiger charge is -2.35. The number of sulfonamides is 1. The van der Waals surface area contributed by atoms with Crippen LogP contribution in [-0.4, -0.2) is 56.9 Å². The predicted molar refractivity (Wildman–Crippen MR) is 112 cm³/mol. The Morgan fingerprint density at radius 3 is 2.61 bits per heavy atom. The highest BCUT2D eigenvalue weighted by atomic mass is 79.9. The number of nitrogens with zero attached hydrogens (tertiary/aromatic N) is 3. The Labute approximate surface area is 173 Å². The second-order valence-electron chi connectivity index (χ2n) is 6.28. The minimum absolute atomic E-state index is 0.0675. The van der Waals surface area contributed by atoms with E-state index in [1.807, 2.05) is 12.1 Å². The molecule has 0 radical (unpaired) electrons. The average Bonchev–Trinajstić information content (AvgIpc) is 2.72. The topological polar surface area (TPSA) is 82.6 Å². The van der Waals surface area contributed by atoms with Crippen molar-refractivity contribution in [1.82, 2.24) is 14.6 Å². The third kappa shape index (κ3) is 4.78. The number of carbonyl (C=O) groups is 1. The Morgan fingerprint density at radius 1 is 1.21 bits per heavy atom. The fourth-order valence-corrected chi connectivity index (χ4v) is 4.20. The zero-order chi connectivity index (χ0) is 20.1. The first kappa shape index (κ1) is 20.5. The molecule has 2 heterocycles. The van der Waals surface area contributed by atoms with Gasteiger partial charge < -0.3 is 9.80 Å². The molecule has 1 saturated heterocycles. The van der Waals surface area contributed by atoms with Crippen LogP contribution in [0.3, 0.4) is 0 Å². The molecule has 1 aromatic heterocycles. The molecule has 0 unspecified atom stereocenters. The molecule has 148 valence electrons. The smallest absolute Gasteiger partial charge is 0.254 e. The van der Waals surface area contributed by atoms with E-state index in [0.29, 0.717) is 31.7 Å². The van der Waals surface area contributed by atoms with Crippen molar-refractivity contribution in [2.75, 3.05) is 37.6 Å². The van der Waals surface area contributed by atoms with E-state index in [-0.39, 0.29) is 17.3 Å². The molecule has 0 aliphatic carbocycles. The number of nitrogens with one attached hydrogen (secondary N) is 1. The number of aromatic nitrogens is 1. The van der Waals surface area contributed by atoms with E-state index in [2.05, 4.69) is 37.1 Å². The van der Waals surface area contributed by atoms with Gasteiger partial charge in [0.25, 0.3) is 5.91 Å². The summed E-state index contributed by atoms with van der Waals surface area (Å²) in [6.07, 6.45) is 3.21. The molecule has 0 spiro atoms. The van der Waals surface area contributed by atoms with Gasteiger partial charge in [-0.3, -0.25) is 4.79 Å². The lowest BCUT2D eigenvalue weighted by Crippen LogP contribution is -2.49. The Balaban J connectivity index is 1.67. The quantitative estimate of drug-likeness (QED) is 0.662. The number of benzene rings is 1. The van der Waals surface area contributed by atoms with Crippen molar-refractivity contribution in [2.24, 2.45) is 0 Å². The molecule has 0 atom stereocenters. The average molecular weight is 465 g/mol. The summed E-state index contributed by atoms with van der Waals surface area (Å²) in [5.74, 6) is 0.695. The van der Waals surface area contributed by atoms with E-state index in [4.69, 9.17) is 0 Å². The van der Waals surface area contributed by atoms with Gasteiger partial charge >= 0.3 is 0 Å². The third-order valence-corrected chi connectivity index (χ3v) is 6.30. The fourth-order valence-electron chi connectivity index (χ4n) is 2.92. The Kier molecular flexibility index (Phi) is 6.48. The van der Waals surface area contributed by atoms with Gasteiger partial charge in [0.15, 0.2) is 0 Å². The van der Waals surface area contributed by atoms with Crippen LogP contribution in [0.4, 0.5) is 5.82 Å². The second-order valence-corrected chi connectivity index (χ2v) is 8.96. The molecule has 3 rings (SSSR count). The van der Waals surface area contributed by atoms with E-state index in [1.54, 1.807) is 23.2 Å². The van der Waals surface area contributed by atoms with E-state index in [1.165, 1.54) is 18.2 Å². The van der Waals surface area contributed by atoms with Crippen molar-refractivity contribution in [3.05, 3.63) is 65.3 Å². The molecule has 9 heteroatoms. The molecule has 2 aromatic rings. The van der Waals surface area contributed by atoms with Crippen LogP contribution in [0, 0.1) is 0 Å². The fraction of sp³-hybridized carbons (Fsp3) is 0.263. The van der Waals surface area contributed by atoms with Crippen molar-refractivity contribution in [2.45, 2.75) is 4.90 Å². The molecule has 28 heavy (non-hydrogen) atoms. The SMILES string of the molecule is C=CCNS(=O)(=O)c1cccc(C(=O)N2CCN(c3ccc(Br)cn3)CC2)c1. The molecule has 1 aromatic carbocycles. The van der Waals surface area contributed by atoms with Crippen LogP contribution in [0.2, 0.25) is 0 Å². The van der Waals surface area contributed by atoms with Crippen molar-refractivity contribution < 1.29 is 13.2 Å². The highest BCUT2D eigenvalue weighted by molar-refractivity contribution is 9.10. The number of piperazine rings is 1.